The van der Waals surface area contributed by atoms with Crippen molar-refractivity contribution in [3.63, 3.8) is 0 Å². The first kappa shape index (κ1) is 23.0. The van der Waals surface area contributed by atoms with Gasteiger partial charge in [-0.25, -0.2) is 9.78 Å². The average Bonchev–Trinajstić information content (AvgIpc) is 3.24. The first-order valence-corrected chi connectivity index (χ1v) is 9.90. The van der Waals surface area contributed by atoms with E-state index in [1.807, 2.05) is 0 Å². The van der Waals surface area contributed by atoms with Crippen LogP contribution in [-0.4, -0.2) is 21.7 Å². The number of hydrogen-bond donors (Lipinski definition) is 1. The van der Waals surface area contributed by atoms with Crippen LogP contribution in [0.15, 0.2) is 23.6 Å². The van der Waals surface area contributed by atoms with Crippen molar-refractivity contribution in [3.8, 4) is 0 Å². The summed E-state index contributed by atoms with van der Waals surface area (Å²) in [7, 11) is 0. The van der Waals surface area contributed by atoms with Gasteiger partial charge in [-0.05, 0) is 37.1 Å². The number of aromatic nitrogens is 1. The molecule has 1 aromatic carbocycles. The van der Waals surface area contributed by atoms with Crippen LogP contribution in [0.4, 0.5) is 31.1 Å². The van der Waals surface area contributed by atoms with E-state index in [4.69, 9.17) is 5.73 Å². The van der Waals surface area contributed by atoms with E-state index in [0.717, 1.165) is 4.90 Å². The Morgan fingerprint density at radius 1 is 1.16 bits per heavy atom. The first-order chi connectivity index (χ1) is 14.2. The molecule has 1 heterocycles. The van der Waals surface area contributed by atoms with Gasteiger partial charge in [0, 0.05) is 24.8 Å². The summed E-state index contributed by atoms with van der Waals surface area (Å²) in [5, 5.41) is 2.23. The van der Waals surface area contributed by atoms with Gasteiger partial charge in [0.1, 0.15) is 5.78 Å². The highest BCUT2D eigenvalue weighted by Crippen LogP contribution is 2.44. The molecule has 0 spiro atoms. The number of benzene rings is 1. The van der Waals surface area contributed by atoms with Crippen molar-refractivity contribution in [1.29, 1.82) is 0 Å². The number of amides is 2. The van der Waals surface area contributed by atoms with Crippen molar-refractivity contribution < 1.29 is 35.9 Å². The number of nitrogens with zero attached hydrogens (tertiary/aromatic N) is 2. The summed E-state index contributed by atoms with van der Waals surface area (Å²) in [5.41, 5.74) is 1.09. The Morgan fingerprint density at radius 3 is 2.13 bits per heavy atom. The summed E-state index contributed by atoms with van der Waals surface area (Å²) in [5.74, 6) is -0.211. The number of alkyl halides is 6. The number of hydrogen-bond acceptors (Lipinski definition) is 4. The van der Waals surface area contributed by atoms with E-state index >= 15 is 0 Å². The molecule has 0 aliphatic heterocycles. The molecule has 12 heteroatoms. The van der Waals surface area contributed by atoms with Crippen LogP contribution in [0.2, 0.25) is 0 Å². The monoisotopic (exact) mass is 465 g/mol. The van der Waals surface area contributed by atoms with Crippen molar-refractivity contribution in [2.75, 3.05) is 0 Å². The molecule has 0 bridgehead atoms. The summed E-state index contributed by atoms with van der Waals surface area (Å²) < 4.78 is 79.2. The molecule has 5 nitrogen and oxygen atoms in total. The summed E-state index contributed by atoms with van der Waals surface area (Å²) in [6.45, 7) is 1.04. The average molecular weight is 465 g/mol. The number of nitrogens with two attached hydrogens (primary N) is 1. The fourth-order valence-corrected chi connectivity index (χ4v) is 4.45. The highest BCUT2D eigenvalue weighted by Gasteiger charge is 2.48. The highest BCUT2D eigenvalue weighted by molar-refractivity contribution is 7.09. The smallest absolute Gasteiger partial charge is 0.351 e. The van der Waals surface area contributed by atoms with Gasteiger partial charge in [-0.3, -0.25) is 4.79 Å². The number of Topliss-reactive ketones (excluding diaryl/α,β-unsaturated/α-hetero) is 1. The number of rotatable bonds is 4. The number of urea groups is 1. The molecule has 1 aliphatic carbocycles. The standard InChI is InChI=1S/C19H17F6N3O2S/c1-10-27-15(9-31-10)17(3-2-14(29)7-17)28(16(26)30)8-11-4-12(18(20,21)22)6-13(5-11)19(23,24)25/h4-6,9H,2-3,7-8H2,1H3,(H2,26,30). The number of carbonyl (C=O) groups is 2. The molecular formula is C19H17F6N3O2S. The molecule has 1 saturated carbocycles. The molecule has 2 aromatic rings. The minimum atomic E-state index is -5.03. The molecule has 0 saturated heterocycles. The van der Waals surface area contributed by atoms with Crippen LogP contribution in [0.25, 0.3) is 0 Å². The fourth-order valence-electron chi connectivity index (χ4n) is 3.75. The SMILES string of the molecule is Cc1nc(C2(N(Cc3cc(C(F)(F)F)cc(C(F)(F)F)c3)C(N)=O)CCC(=O)C2)cs1. The largest absolute Gasteiger partial charge is 0.416 e. The van der Waals surface area contributed by atoms with Gasteiger partial charge < -0.3 is 10.6 Å². The highest BCUT2D eigenvalue weighted by atomic mass is 32.1. The molecule has 168 valence electrons. The Morgan fingerprint density at radius 2 is 1.74 bits per heavy atom. The third kappa shape index (κ3) is 4.68. The Labute approximate surface area is 176 Å². The predicted molar refractivity (Wildman–Crippen MR) is 99.0 cm³/mol. The van der Waals surface area contributed by atoms with Gasteiger partial charge in [-0.1, -0.05) is 0 Å². The summed E-state index contributed by atoms with van der Waals surface area (Å²) in [6.07, 6.45) is -10.0. The second kappa shape index (κ2) is 7.81. The van der Waals surface area contributed by atoms with Crippen molar-refractivity contribution in [3.05, 3.63) is 51.0 Å². The molecule has 1 unspecified atom stereocenters. The maximum atomic E-state index is 13.2. The lowest BCUT2D eigenvalue weighted by molar-refractivity contribution is -0.143. The second-order valence-electron chi connectivity index (χ2n) is 7.34. The lowest BCUT2D eigenvalue weighted by atomic mass is 9.90. The number of carbonyl (C=O) groups excluding carboxylic acids is 2. The second-order valence-corrected chi connectivity index (χ2v) is 8.40. The molecular weight excluding hydrogens is 448 g/mol. The summed E-state index contributed by atoms with van der Waals surface area (Å²) in [4.78, 5) is 29.7. The lowest BCUT2D eigenvalue weighted by Crippen LogP contribution is -2.50. The molecule has 1 fully saturated rings. The van der Waals surface area contributed by atoms with Gasteiger partial charge in [0.2, 0.25) is 0 Å². The van der Waals surface area contributed by atoms with Crippen LogP contribution in [0.1, 0.15) is 46.7 Å². The molecule has 1 aromatic heterocycles. The van der Waals surface area contributed by atoms with Crippen molar-refractivity contribution >= 4 is 23.2 Å². The first-order valence-electron chi connectivity index (χ1n) is 9.02. The van der Waals surface area contributed by atoms with Gasteiger partial charge in [0.15, 0.2) is 0 Å². The molecule has 3 rings (SSSR count). The minimum Gasteiger partial charge on any atom is -0.351 e. The minimum absolute atomic E-state index is 0.0107. The zero-order valence-corrected chi connectivity index (χ0v) is 16.9. The lowest BCUT2D eigenvalue weighted by Gasteiger charge is -2.39. The Balaban J connectivity index is 2.11. The zero-order chi connectivity index (χ0) is 23.2. The van der Waals surface area contributed by atoms with Crippen LogP contribution in [0.5, 0.6) is 0 Å². The number of ketones is 1. The summed E-state index contributed by atoms with van der Waals surface area (Å²) in [6, 6.07) is 0.0204. The maximum Gasteiger partial charge on any atom is 0.416 e. The van der Waals surface area contributed by atoms with Gasteiger partial charge in [0.25, 0.3) is 0 Å². The molecule has 2 amide bonds. The predicted octanol–water partition coefficient (Wildman–Crippen LogP) is 5.02. The van der Waals surface area contributed by atoms with Crippen molar-refractivity contribution in [1.82, 2.24) is 9.88 Å². The Hall–Kier alpha value is -2.63. The third-order valence-corrected chi connectivity index (χ3v) is 5.95. The molecule has 1 aliphatic rings. The maximum absolute atomic E-state index is 13.2. The van der Waals surface area contributed by atoms with Crippen molar-refractivity contribution in [2.24, 2.45) is 5.73 Å². The topological polar surface area (TPSA) is 76.3 Å². The van der Waals surface area contributed by atoms with Crippen LogP contribution in [-0.2, 0) is 29.2 Å². The number of thiazole rings is 1. The van der Waals surface area contributed by atoms with Crippen LogP contribution in [0.3, 0.4) is 0 Å². The number of halogens is 6. The normalized spacial score (nSPS) is 19.6. The zero-order valence-electron chi connectivity index (χ0n) is 16.1. The van der Waals surface area contributed by atoms with Gasteiger partial charge >= 0.3 is 18.4 Å². The van der Waals surface area contributed by atoms with Crippen LogP contribution >= 0.6 is 11.3 Å². The van der Waals surface area contributed by atoms with E-state index in [1.165, 1.54) is 11.3 Å². The van der Waals surface area contributed by atoms with E-state index in [-0.39, 0.29) is 31.1 Å². The van der Waals surface area contributed by atoms with E-state index in [9.17, 15) is 35.9 Å². The Kier molecular flexibility index (Phi) is 5.80. The third-order valence-electron chi connectivity index (χ3n) is 5.17. The van der Waals surface area contributed by atoms with Gasteiger partial charge in [-0.2, -0.15) is 26.3 Å². The molecule has 2 N–H and O–H groups in total. The van der Waals surface area contributed by atoms with Gasteiger partial charge in [-0.15, -0.1) is 11.3 Å². The van der Waals surface area contributed by atoms with Gasteiger partial charge in [0.05, 0.1) is 27.4 Å². The Bertz CT molecular complexity index is 985. The van der Waals surface area contributed by atoms with E-state index < -0.39 is 47.2 Å². The van der Waals surface area contributed by atoms with E-state index in [0.29, 0.717) is 22.8 Å². The summed E-state index contributed by atoms with van der Waals surface area (Å²) >= 11 is 1.24. The molecule has 1 atom stereocenters. The van der Waals surface area contributed by atoms with Crippen molar-refractivity contribution in [2.45, 2.75) is 50.6 Å². The fraction of sp³-hybridized carbons (Fsp3) is 0.421. The molecule has 0 radical (unpaired) electrons. The number of primary amides is 1. The van der Waals surface area contributed by atoms with Crippen LogP contribution in [0, 0.1) is 6.92 Å². The molecule has 31 heavy (non-hydrogen) atoms. The van der Waals surface area contributed by atoms with E-state index in [2.05, 4.69) is 4.98 Å². The van der Waals surface area contributed by atoms with Crippen LogP contribution < -0.4 is 5.73 Å². The van der Waals surface area contributed by atoms with E-state index in [1.54, 1.807) is 12.3 Å². The number of aryl methyl sites for hydroxylation is 1. The quantitative estimate of drug-likeness (QED) is 0.645.